The third-order valence-electron chi connectivity index (χ3n) is 4.37. The Labute approximate surface area is 171 Å². The first-order chi connectivity index (χ1) is 13.3. The zero-order valence-corrected chi connectivity index (χ0v) is 17.7. The number of amides is 2. The van der Waals surface area contributed by atoms with Gasteiger partial charge in [-0.25, -0.2) is 4.79 Å². The van der Waals surface area contributed by atoms with E-state index in [9.17, 15) is 9.59 Å². The van der Waals surface area contributed by atoms with Crippen LogP contribution in [-0.2, 0) is 15.3 Å². The fourth-order valence-corrected chi connectivity index (χ4v) is 3.91. The van der Waals surface area contributed by atoms with E-state index in [4.69, 9.17) is 10.00 Å². The van der Waals surface area contributed by atoms with Crippen LogP contribution in [0.25, 0.3) is 0 Å². The highest BCUT2D eigenvalue weighted by molar-refractivity contribution is 7.98. The molecule has 1 aromatic carbocycles. The zero-order chi connectivity index (χ0) is 20.6. The van der Waals surface area contributed by atoms with Crippen molar-refractivity contribution in [2.24, 2.45) is 0 Å². The Kier molecular flexibility index (Phi) is 8.18. The minimum absolute atomic E-state index is 0.122. The zero-order valence-electron chi connectivity index (χ0n) is 16.9. The SMILES string of the molecule is CC(C)(C)OC(=O)N1CCCCC1C(=O)NCCSCc1ccccc1C#N. The van der Waals surface area contributed by atoms with E-state index in [0.29, 0.717) is 25.1 Å². The van der Waals surface area contributed by atoms with Crippen LogP contribution in [0.15, 0.2) is 24.3 Å². The van der Waals surface area contributed by atoms with Crippen LogP contribution in [0.5, 0.6) is 0 Å². The van der Waals surface area contributed by atoms with E-state index < -0.39 is 17.7 Å². The number of thioether (sulfide) groups is 1. The topological polar surface area (TPSA) is 82.4 Å². The molecule has 1 N–H and O–H groups in total. The van der Waals surface area contributed by atoms with Gasteiger partial charge in [-0.1, -0.05) is 18.2 Å². The van der Waals surface area contributed by atoms with Gasteiger partial charge in [-0.15, -0.1) is 0 Å². The summed E-state index contributed by atoms with van der Waals surface area (Å²) in [7, 11) is 0. The number of piperidine rings is 1. The molecule has 2 rings (SSSR count). The average molecular weight is 404 g/mol. The van der Waals surface area contributed by atoms with Crippen molar-refractivity contribution < 1.29 is 14.3 Å². The summed E-state index contributed by atoms with van der Waals surface area (Å²) in [5, 5.41) is 12.1. The van der Waals surface area contributed by atoms with Crippen molar-refractivity contribution in [3.05, 3.63) is 35.4 Å². The molecule has 1 aliphatic heterocycles. The molecule has 0 bridgehead atoms. The first kappa shape index (κ1) is 22.1. The number of nitriles is 1. The summed E-state index contributed by atoms with van der Waals surface area (Å²) in [6.45, 7) is 6.55. The number of hydrogen-bond acceptors (Lipinski definition) is 5. The van der Waals surface area contributed by atoms with Crippen molar-refractivity contribution in [2.75, 3.05) is 18.8 Å². The van der Waals surface area contributed by atoms with Gasteiger partial charge in [0.15, 0.2) is 0 Å². The highest BCUT2D eigenvalue weighted by Gasteiger charge is 2.34. The van der Waals surface area contributed by atoms with E-state index in [0.717, 1.165) is 29.9 Å². The van der Waals surface area contributed by atoms with Crippen molar-refractivity contribution in [1.82, 2.24) is 10.2 Å². The summed E-state index contributed by atoms with van der Waals surface area (Å²) in [5.41, 5.74) is 1.12. The molecular weight excluding hydrogens is 374 g/mol. The number of rotatable bonds is 6. The number of nitrogens with one attached hydrogen (secondary N) is 1. The molecule has 1 fully saturated rings. The third kappa shape index (κ3) is 6.75. The molecule has 0 aliphatic carbocycles. The molecule has 6 nitrogen and oxygen atoms in total. The summed E-state index contributed by atoms with van der Waals surface area (Å²) in [6.07, 6.45) is 2.05. The van der Waals surface area contributed by atoms with Gasteiger partial charge in [0.25, 0.3) is 0 Å². The summed E-state index contributed by atoms with van der Waals surface area (Å²) in [4.78, 5) is 26.6. The molecule has 7 heteroatoms. The molecule has 28 heavy (non-hydrogen) atoms. The van der Waals surface area contributed by atoms with Gasteiger partial charge in [0, 0.05) is 24.6 Å². The Morgan fingerprint density at radius 2 is 2.07 bits per heavy atom. The Balaban J connectivity index is 1.79. The number of likely N-dealkylation sites (tertiary alicyclic amines) is 1. The van der Waals surface area contributed by atoms with Crippen LogP contribution in [0.2, 0.25) is 0 Å². The van der Waals surface area contributed by atoms with Crippen molar-refractivity contribution in [3.8, 4) is 6.07 Å². The lowest BCUT2D eigenvalue weighted by Crippen LogP contribution is -2.53. The molecule has 1 aromatic rings. The predicted molar refractivity (Wildman–Crippen MR) is 111 cm³/mol. The molecule has 1 unspecified atom stereocenters. The van der Waals surface area contributed by atoms with Crippen LogP contribution in [0.1, 0.15) is 51.2 Å². The fourth-order valence-electron chi connectivity index (χ4n) is 3.04. The van der Waals surface area contributed by atoms with Crippen molar-refractivity contribution >= 4 is 23.8 Å². The summed E-state index contributed by atoms with van der Waals surface area (Å²) in [5.74, 6) is 1.35. The number of hydrogen-bond donors (Lipinski definition) is 1. The summed E-state index contributed by atoms with van der Waals surface area (Å²) >= 11 is 1.67. The Hall–Kier alpha value is -2.20. The maximum atomic E-state index is 12.6. The molecule has 1 heterocycles. The van der Waals surface area contributed by atoms with Crippen LogP contribution in [0.4, 0.5) is 4.79 Å². The van der Waals surface area contributed by atoms with E-state index in [-0.39, 0.29) is 5.91 Å². The van der Waals surface area contributed by atoms with E-state index in [1.165, 1.54) is 0 Å². The molecule has 0 radical (unpaired) electrons. The van der Waals surface area contributed by atoms with E-state index in [1.807, 2.05) is 45.0 Å². The predicted octanol–water partition coefficient (Wildman–Crippen LogP) is 3.70. The van der Waals surface area contributed by atoms with E-state index in [2.05, 4.69) is 11.4 Å². The second kappa shape index (κ2) is 10.4. The van der Waals surface area contributed by atoms with Gasteiger partial charge >= 0.3 is 6.09 Å². The molecule has 1 aliphatic rings. The number of ether oxygens (including phenoxy) is 1. The first-order valence-electron chi connectivity index (χ1n) is 9.65. The standard InChI is InChI=1S/C21H29N3O3S/c1-21(2,3)27-20(26)24-12-7-6-10-18(24)19(25)23-11-13-28-15-17-9-5-4-8-16(17)14-22/h4-5,8-9,18H,6-7,10-13,15H2,1-3H3,(H,23,25). The third-order valence-corrected chi connectivity index (χ3v) is 5.38. The molecule has 1 atom stereocenters. The molecule has 152 valence electrons. The highest BCUT2D eigenvalue weighted by atomic mass is 32.2. The van der Waals surface area contributed by atoms with Crippen LogP contribution in [0.3, 0.4) is 0 Å². The van der Waals surface area contributed by atoms with Gasteiger partial charge in [0.1, 0.15) is 11.6 Å². The first-order valence-corrected chi connectivity index (χ1v) is 10.8. The Morgan fingerprint density at radius 1 is 1.32 bits per heavy atom. The lowest BCUT2D eigenvalue weighted by atomic mass is 10.0. The van der Waals surface area contributed by atoms with E-state index in [1.54, 1.807) is 16.7 Å². The van der Waals surface area contributed by atoms with Gasteiger partial charge < -0.3 is 10.1 Å². The van der Waals surface area contributed by atoms with Crippen LogP contribution < -0.4 is 5.32 Å². The van der Waals surface area contributed by atoms with Gasteiger partial charge in [0.05, 0.1) is 11.6 Å². The molecule has 0 spiro atoms. The van der Waals surface area contributed by atoms with Crippen molar-refractivity contribution in [2.45, 2.75) is 57.4 Å². The van der Waals surface area contributed by atoms with Crippen molar-refractivity contribution in [3.63, 3.8) is 0 Å². The second-order valence-electron chi connectivity index (χ2n) is 7.80. The average Bonchev–Trinajstić information content (AvgIpc) is 2.66. The second-order valence-corrected chi connectivity index (χ2v) is 8.90. The fraction of sp³-hybridized carbons (Fsp3) is 0.571. The smallest absolute Gasteiger partial charge is 0.410 e. The van der Waals surface area contributed by atoms with Crippen molar-refractivity contribution in [1.29, 1.82) is 5.26 Å². The molecule has 0 saturated carbocycles. The minimum atomic E-state index is -0.577. The van der Waals surface area contributed by atoms with Crippen LogP contribution in [-0.4, -0.2) is 47.4 Å². The van der Waals surface area contributed by atoms with Gasteiger partial charge in [0.2, 0.25) is 5.91 Å². The van der Waals surface area contributed by atoms with Crippen LogP contribution in [0, 0.1) is 11.3 Å². The maximum absolute atomic E-state index is 12.6. The number of benzene rings is 1. The van der Waals surface area contributed by atoms with Gasteiger partial charge in [-0.2, -0.15) is 17.0 Å². The lowest BCUT2D eigenvalue weighted by Gasteiger charge is -2.35. The highest BCUT2D eigenvalue weighted by Crippen LogP contribution is 2.21. The lowest BCUT2D eigenvalue weighted by molar-refractivity contribution is -0.127. The van der Waals surface area contributed by atoms with Crippen LogP contribution >= 0.6 is 11.8 Å². The number of carbonyl (C=O) groups excluding carboxylic acids is 2. The van der Waals surface area contributed by atoms with Gasteiger partial charge in [-0.05, 0) is 51.7 Å². The van der Waals surface area contributed by atoms with E-state index >= 15 is 0 Å². The Bertz CT molecular complexity index is 724. The van der Waals surface area contributed by atoms with Gasteiger partial charge in [-0.3, -0.25) is 9.69 Å². The summed E-state index contributed by atoms with van der Waals surface area (Å²) in [6, 6.07) is 9.27. The molecule has 2 amide bonds. The molecule has 0 aromatic heterocycles. The Morgan fingerprint density at radius 3 is 2.79 bits per heavy atom. The molecule has 1 saturated heterocycles. The largest absolute Gasteiger partial charge is 0.444 e. The molecular formula is C21H29N3O3S. The number of carbonyl (C=O) groups is 2. The monoisotopic (exact) mass is 403 g/mol. The minimum Gasteiger partial charge on any atom is -0.444 e. The normalized spacial score (nSPS) is 16.9. The maximum Gasteiger partial charge on any atom is 0.410 e. The quantitative estimate of drug-likeness (QED) is 0.733. The number of nitrogens with zero attached hydrogens (tertiary/aromatic N) is 2. The summed E-state index contributed by atoms with van der Waals surface area (Å²) < 4.78 is 5.45.